The van der Waals surface area contributed by atoms with Crippen molar-refractivity contribution in [2.45, 2.75) is 18.8 Å². The number of ether oxygens (including phenoxy) is 1. The Labute approximate surface area is 148 Å². The van der Waals surface area contributed by atoms with Crippen LogP contribution in [0.25, 0.3) is 0 Å². The van der Waals surface area contributed by atoms with Gasteiger partial charge >= 0.3 is 6.09 Å². The van der Waals surface area contributed by atoms with E-state index in [-0.39, 0.29) is 30.6 Å². The smallest absolute Gasteiger partial charge is 0.407 e. The average Bonchev–Trinajstić information content (AvgIpc) is 2.66. The van der Waals surface area contributed by atoms with Gasteiger partial charge in [-0.05, 0) is 23.3 Å². The van der Waals surface area contributed by atoms with E-state index < -0.39 is 29.9 Å². The van der Waals surface area contributed by atoms with E-state index in [4.69, 9.17) is 4.74 Å². The van der Waals surface area contributed by atoms with E-state index in [0.717, 1.165) is 17.7 Å². The molecule has 2 unspecified atom stereocenters. The van der Waals surface area contributed by atoms with Crippen LogP contribution >= 0.6 is 0 Å². The number of aliphatic hydroxyl groups is 2. The van der Waals surface area contributed by atoms with Gasteiger partial charge in [0, 0.05) is 6.54 Å². The van der Waals surface area contributed by atoms with Crippen molar-refractivity contribution < 1.29 is 34.0 Å². The minimum atomic E-state index is -1.58. The number of rotatable bonds is 7. The summed E-state index contributed by atoms with van der Waals surface area (Å²) in [5.41, 5.74) is 0.306. The van der Waals surface area contributed by atoms with E-state index in [1.807, 2.05) is 6.07 Å². The zero-order chi connectivity index (χ0) is 19.1. The summed E-state index contributed by atoms with van der Waals surface area (Å²) < 4.78 is 18.5. The molecule has 0 radical (unpaired) electrons. The number of alkyl carbamates (subject to hydrolysis) is 1. The van der Waals surface area contributed by atoms with E-state index in [0.29, 0.717) is 0 Å². The molecule has 1 amide bonds. The Hall–Kier alpha value is -2.97. The second-order valence-corrected chi connectivity index (χ2v) is 5.51. The lowest BCUT2D eigenvalue weighted by atomic mass is 10.0. The molecule has 0 aromatic heterocycles. The Kier molecular flexibility index (Phi) is 6.65. The van der Waals surface area contributed by atoms with Crippen molar-refractivity contribution in [2.24, 2.45) is 0 Å². The lowest BCUT2D eigenvalue weighted by molar-refractivity contribution is 0.0182. The Balaban J connectivity index is 1.88. The highest BCUT2D eigenvalue weighted by Gasteiger charge is 2.22. The highest BCUT2D eigenvalue weighted by molar-refractivity contribution is 5.79. The summed E-state index contributed by atoms with van der Waals surface area (Å²) in [7, 11) is 0. The molecule has 4 N–H and O–H groups in total. The summed E-state index contributed by atoms with van der Waals surface area (Å²) in [6.07, 6.45) is -3.65. The number of amides is 1. The van der Waals surface area contributed by atoms with Gasteiger partial charge in [-0.15, -0.1) is 0 Å². The molecule has 0 fully saturated rings. The molecule has 8 heteroatoms. The molecular formula is C18H18FNO6. The zero-order valence-electron chi connectivity index (χ0n) is 13.6. The number of hydrogen-bond acceptors (Lipinski definition) is 6. The molecule has 26 heavy (non-hydrogen) atoms. The third-order valence-electron chi connectivity index (χ3n) is 3.62. The number of carbonyl (C=O) groups excluding carboxylic acids is 2. The van der Waals surface area contributed by atoms with Gasteiger partial charge in [-0.25, -0.2) is 9.18 Å². The summed E-state index contributed by atoms with van der Waals surface area (Å²) in [5.74, 6) is -1.95. The molecule has 0 aliphatic carbocycles. The normalized spacial score (nSPS) is 12.9. The van der Waals surface area contributed by atoms with Crippen LogP contribution in [0.2, 0.25) is 0 Å². The highest BCUT2D eigenvalue weighted by Crippen LogP contribution is 2.26. The van der Waals surface area contributed by atoms with Gasteiger partial charge in [-0.1, -0.05) is 30.3 Å². The predicted octanol–water partition coefficient (Wildman–Crippen LogP) is 1.66. The number of halogens is 1. The molecule has 2 aromatic carbocycles. The number of aldehydes is 1. The van der Waals surface area contributed by atoms with Gasteiger partial charge in [0.25, 0.3) is 0 Å². The lowest BCUT2D eigenvalue weighted by Gasteiger charge is -2.19. The van der Waals surface area contributed by atoms with Crippen molar-refractivity contribution in [3.8, 4) is 5.75 Å². The number of hydrogen-bond donors (Lipinski definition) is 4. The summed E-state index contributed by atoms with van der Waals surface area (Å²) in [4.78, 5) is 22.4. The highest BCUT2D eigenvalue weighted by atomic mass is 19.1. The Bertz CT molecular complexity index is 768. The van der Waals surface area contributed by atoms with Gasteiger partial charge < -0.3 is 25.4 Å². The summed E-state index contributed by atoms with van der Waals surface area (Å²) >= 11 is 0. The van der Waals surface area contributed by atoms with Crippen molar-refractivity contribution in [1.29, 1.82) is 0 Å². The Morgan fingerprint density at radius 1 is 1.23 bits per heavy atom. The lowest BCUT2D eigenvalue weighted by Crippen LogP contribution is -2.35. The largest absolute Gasteiger partial charge is 0.504 e. The van der Waals surface area contributed by atoms with Crippen molar-refractivity contribution in [3.05, 3.63) is 65.0 Å². The van der Waals surface area contributed by atoms with Crippen LogP contribution in [0.1, 0.15) is 27.6 Å². The number of phenols is 1. The molecule has 2 atom stereocenters. The molecule has 0 spiro atoms. The third kappa shape index (κ3) is 5.01. The monoisotopic (exact) mass is 363 g/mol. The van der Waals surface area contributed by atoms with Crippen molar-refractivity contribution >= 4 is 12.4 Å². The summed E-state index contributed by atoms with van der Waals surface area (Å²) in [6.45, 7) is -0.328. The molecule has 2 aromatic rings. The molecule has 0 heterocycles. The Morgan fingerprint density at radius 2 is 1.92 bits per heavy atom. The van der Waals surface area contributed by atoms with Crippen LogP contribution in [0.4, 0.5) is 9.18 Å². The second-order valence-electron chi connectivity index (χ2n) is 5.51. The standard InChI is InChI=1S/C18H18FNO6/c19-14-7-12(6-13(9-21)16(14)23)17(24)15(22)8-20-18(25)26-10-11-4-2-1-3-5-11/h1-7,9,15,17,22-24H,8,10H2,(H,20,25). The maximum Gasteiger partial charge on any atom is 0.407 e. The predicted molar refractivity (Wildman–Crippen MR) is 89.0 cm³/mol. The molecule has 0 saturated heterocycles. The fourth-order valence-electron chi connectivity index (χ4n) is 2.20. The number of aliphatic hydroxyl groups excluding tert-OH is 2. The van der Waals surface area contributed by atoms with Crippen molar-refractivity contribution in [2.75, 3.05) is 6.54 Å². The van der Waals surface area contributed by atoms with Gasteiger partial charge in [-0.3, -0.25) is 4.79 Å². The minimum Gasteiger partial charge on any atom is -0.504 e. The first kappa shape index (κ1) is 19.4. The zero-order valence-corrected chi connectivity index (χ0v) is 13.6. The summed E-state index contributed by atoms with van der Waals surface area (Å²) in [5, 5.41) is 31.6. The Morgan fingerprint density at radius 3 is 2.58 bits per heavy atom. The van der Waals surface area contributed by atoms with Gasteiger partial charge in [0.15, 0.2) is 17.9 Å². The number of carbonyl (C=O) groups is 2. The first-order valence-electron chi connectivity index (χ1n) is 7.70. The van der Waals surface area contributed by atoms with Crippen molar-refractivity contribution in [1.82, 2.24) is 5.32 Å². The minimum absolute atomic E-state index is 0.0389. The molecule has 0 aliphatic heterocycles. The topological polar surface area (TPSA) is 116 Å². The molecule has 0 aliphatic rings. The van der Waals surface area contributed by atoms with E-state index >= 15 is 0 Å². The van der Waals surface area contributed by atoms with E-state index in [1.54, 1.807) is 24.3 Å². The van der Waals surface area contributed by atoms with Gasteiger partial charge in [0.2, 0.25) is 0 Å². The number of phenolic OH excluding ortho intramolecular Hbond substituents is 1. The average molecular weight is 363 g/mol. The first-order chi connectivity index (χ1) is 12.4. The fraction of sp³-hybridized carbons (Fsp3) is 0.222. The molecule has 0 bridgehead atoms. The fourth-order valence-corrected chi connectivity index (χ4v) is 2.20. The molecular weight excluding hydrogens is 345 g/mol. The second kappa shape index (κ2) is 8.93. The quantitative estimate of drug-likeness (QED) is 0.556. The number of nitrogens with one attached hydrogen (secondary N) is 1. The van der Waals surface area contributed by atoms with Crippen LogP contribution in [-0.4, -0.2) is 40.3 Å². The van der Waals surface area contributed by atoms with Gasteiger partial charge in [0.1, 0.15) is 18.8 Å². The first-order valence-corrected chi connectivity index (χ1v) is 7.70. The van der Waals surface area contributed by atoms with E-state index in [2.05, 4.69) is 5.32 Å². The molecule has 0 saturated carbocycles. The molecule has 7 nitrogen and oxygen atoms in total. The maximum absolute atomic E-state index is 13.5. The van der Waals surface area contributed by atoms with Crippen molar-refractivity contribution in [3.63, 3.8) is 0 Å². The van der Waals surface area contributed by atoms with E-state index in [1.165, 1.54) is 0 Å². The molecule has 2 rings (SSSR count). The van der Waals surface area contributed by atoms with Crippen LogP contribution < -0.4 is 5.32 Å². The molecule has 138 valence electrons. The number of benzene rings is 2. The van der Waals surface area contributed by atoms with Crippen LogP contribution in [0, 0.1) is 5.82 Å². The summed E-state index contributed by atoms with van der Waals surface area (Å²) in [6, 6.07) is 10.8. The van der Waals surface area contributed by atoms with Crippen LogP contribution in [0.15, 0.2) is 42.5 Å². The van der Waals surface area contributed by atoms with Gasteiger partial charge in [-0.2, -0.15) is 0 Å². The van der Waals surface area contributed by atoms with Gasteiger partial charge in [0.05, 0.1) is 5.56 Å². The van der Waals surface area contributed by atoms with Crippen LogP contribution in [0.5, 0.6) is 5.75 Å². The van der Waals surface area contributed by atoms with Crippen LogP contribution in [0.3, 0.4) is 0 Å². The SMILES string of the molecule is O=Cc1cc(C(O)C(O)CNC(=O)OCc2ccccc2)cc(F)c1O. The maximum atomic E-state index is 13.5. The van der Waals surface area contributed by atoms with E-state index in [9.17, 15) is 29.3 Å². The number of aromatic hydroxyl groups is 1. The third-order valence-corrected chi connectivity index (χ3v) is 3.62. The van der Waals surface area contributed by atoms with Crippen LogP contribution in [-0.2, 0) is 11.3 Å².